The first-order chi connectivity index (χ1) is 10.9. The smallest absolute Gasteiger partial charge is 0.269 e. The number of benzene rings is 1. The monoisotopic (exact) mass is 316 g/mol. The summed E-state index contributed by atoms with van der Waals surface area (Å²) in [6.45, 7) is 7.06. The average molecular weight is 316 g/mol. The predicted molar refractivity (Wildman–Crippen MR) is 88.0 cm³/mol. The Kier molecular flexibility index (Phi) is 4.20. The molecule has 1 amide bonds. The molecule has 1 aliphatic carbocycles. The molecule has 0 spiro atoms. The maximum absolute atomic E-state index is 12.2. The Balaban J connectivity index is 1.55. The Morgan fingerprint density at radius 2 is 2.00 bits per heavy atom. The average Bonchev–Trinajstić information content (AvgIpc) is 2.99. The van der Waals surface area contributed by atoms with E-state index in [0.29, 0.717) is 28.4 Å². The van der Waals surface area contributed by atoms with Crippen molar-refractivity contribution >= 4 is 5.91 Å². The molecule has 0 bridgehead atoms. The standard InChI is InChI=1S/C18H24N2O3/c1-18(2,3)13-5-7-14(8-6-13)19-20-17(21)12-4-9-15-16(10-12)23-11-22-15/h4,7,9-10,13,19H,5-6,8,11H2,1-3H3,(H,20,21). The van der Waals surface area contributed by atoms with E-state index in [1.807, 2.05) is 0 Å². The summed E-state index contributed by atoms with van der Waals surface area (Å²) in [7, 11) is 0. The van der Waals surface area contributed by atoms with E-state index in [1.54, 1.807) is 18.2 Å². The fraction of sp³-hybridized carbons (Fsp3) is 0.500. The van der Waals surface area contributed by atoms with Crippen LogP contribution in [-0.2, 0) is 0 Å². The molecule has 1 aliphatic heterocycles. The van der Waals surface area contributed by atoms with Crippen LogP contribution in [0.3, 0.4) is 0 Å². The molecule has 5 nitrogen and oxygen atoms in total. The van der Waals surface area contributed by atoms with Gasteiger partial charge in [-0.3, -0.25) is 10.2 Å². The van der Waals surface area contributed by atoms with Crippen molar-refractivity contribution in [1.82, 2.24) is 10.9 Å². The van der Waals surface area contributed by atoms with E-state index >= 15 is 0 Å². The lowest BCUT2D eigenvalue weighted by Crippen LogP contribution is -2.38. The summed E-state index contributed by atoms with van der Waals surface area (Å²) in [5, 5.41) is 0. The molecular weight excluding hydrogens is 292 g/mol. The molecule has 2 aliphatic rings. The summed E-state index contributed by atoms with van der Waals surface area (Å²) in [6, 6.07) is 5.19. The molecule has 0 aromatic heterocycles. The molecule has 1 aromatic carbocycles. The molecule has 0 saturated heterocycles. The molecule has 1 heterocycles. The summed E-state index contributed by atoms with van der Waals surface area (Å²) in [5.74, 6) is 1.81. The Labute approximate surface area is 137 Å². The maximum atomic E-state index is 12.2. The van der Waals surface area contributed by atoms with Gasteiger partial charge in [0.2, 0.25) is 6.79 Å². The Morgan fingerprint density at radius 3 is 2.70 bits per heavy atom. The van der Waals surface area contributed by atoms with Gasteiger partial charge >= 0.3 is 0 Å². The van der Waals surface area contributed by atoms with Gasteiger partial charge in [0.05, 0.1) is 0 Å². The van der Waals surface area contributed by atoms with E-state index in [-0.39, 0.29) is 12.7 Å². The van der Waals surface area contributed by atoms with Gasteiger partial charge in [-0.25, -0.2) is 0 Å². The van der Waals surface area contributed by atoms with E-state index in [0.717, 1.165) is 25.0 Å². The van der Waals surface area contributed by atoms with Gasteiger partial charge in [-0.05, 0) is 48.8 Å². The van der Waals surface area contributed by atoms with Crippen molar-refractivity contribution in [2.24, 2.45) is 11.3 Å². The third-order valence-corrected chi connectivity index (χ3v) is 4.61. The van der Waals surface area contributed by atoms with Crippen molar-refractivity contribution in [3.8, 4) is 11.5 Å². The second-order valence-corrected chi connectivity index (χ2v) is 7.21. The zero-order valence-electron chi connectivity index (χ0n) is 13.9. The summed E-state index contributed by atoms with van der Waals surface area (Å²) in [5.41, 5.74) is 7.77. The van der Waals surface area contributed by atoms with E-state index < -0.39 is 0 Å². The molecule has 1 aromatic rings. The largest absolute Gasteiger partial charge is 0.454 e. The van der Waals surface area contributed by atoms with Gasteiger partial charge in [-0.2, -0.15) is 0 Å². The third-order valence-electron chi connectivity index (χ3n) is 4.61. The van der Waals surface area contributed by atoms with Crippen LogP contribution in [0, 0.1) is 11.3 Å². The molecule has 124 valence electrons. The summed E-state index contributed by atoms with van der Waals surface area (Å²) in [4.78, 5) is 12.2. The van der Waals surface area contributed by atoms with Gasteiger partial charge in [0.1, 0.15) is 0 Å². The highest BCUT2D eigenvalue weighted by Crippen LogP contribution is 2.36. The molecule has 0 radical (unpaired) electrons. The van der Waals surface area contributed by atoms with Crippen molar-refractivity contribution in [3.63, 3.8) is 0 Å². The number of amides is 1. The van der Waals surface area contributed by atoms with Crippen molar-refractivity contribution in [2.45, 2.75) is 40.0 Å². The summed E-state index contributed by atoms with van der Waals surface area (Å²) >= 11 is 0. The minimum atomic E-state index is -0.179. The first kappa shape index (κ1) is 15.7. The number of hydrogen-bond donors (Lipinski definition) is 2. The maximum Gasteiger partial charge on any atom is 0.269 e. The van der Waals surface area contributed by atoms with Crippen molar-refractivity contribution in [3.05, 3.63) is 35.5 Å². The van der Waals surface area contributed by atoms with Crippen LogP contribution >= 0.6 is 0 Å². The van der Waals surface area contributed by atoms with E-state index in [2.05, 4.69) is 37.7 Å². The second kappa shape index (κ2) is 6.14. The Morgan fingerprint density at radius 1 is 1.22 bits per heavy atom. The fourth-order valence-electron chi connectivity index (χ4n) is 2.98. The normalized spacial score (nSPS) is 20.0. The second-order valence-electron chi connectivity index (χ2n) is 7.21. The molecular formula is C18H24N2O3. The third kappa shape index (κ3) is 3.60. The Bertz CT molecular complexity index is 632. The molecule has 3 rings (SSSR count). The highest BCUT2D eigenvalue weighted by Gasteiger charge is 2.26. The van der Waals surface area contributed by atoms with E-state index in [1.165, 1.54) is 0 Å². The quantitative estimate of drug-likeness (QED) is 0.839. The number of ether oxygens (including phenoxy) is 2. The number of hydrogen-bond acceptors (Lipinski definition) is 4. The topological polar surface area (TPSA) is 59.6 Å². The molecule has 2 N–H and O–H groups in total. The van der Waals surface area contributed by atoms with Crippen molar-refractivity contribution in [2.75, 3.05) is 6.79 Å². The van der Waals surface area contributed by atoms with Crippen LogP contribution in [-0.4, -0.2) is 12.7 Å². The van der Waals surface area contributed by atoms with Crippen LogP contribution in [0.1, 0.15) is 50.4 Å². The molecule has 0 saturated carbocycles. The highest BCUT2D eigenvalue weighted by atomic mass is 16.7. The van der Waals surface area contributed by atoms with Gasteiger partial charge in [0, 0.05) is 11.3 Å². The summed E-state index contributed by atoms with van der Waals surface area (Å²) < 4.78 is 10.5. The molecule has 23 heavy (non-hydrogen) atoms. The van der Waals surface area contributed by atoms with Gasteiger partial charge in [-0.15, -0.1) is 0 Å². The van der Waals surface area contributed by atoms with Gasteiger partial charge in [0.25, 0.3) is 5.91 Å². The molecule has 5 heteroatoms. The number of allylic oxidation sites excluding steroid dienone is 2. The zero-order chi connectivity index (χ0) is 16.4. The minimum Gasteiger partial charge on any atom is -0.454 e. The fourth-order valence-corrected chi connectivity index (χ4v) is 2.98. The SMILES string of the molecule is CC(C)(C)C1CC=C(NNC(=O)c2ccc3c(c2)OCO3)CC1. The lowest BCUT2D eigenvalue weighted by atomic mass is 9.74. The first-order valence-electron chi connectivity index (χ1n) is 8.08. The molecule has 1 atom stereocenters. The van der Waals surface area contributed by atoms with E-state index in [9.17, 15) is 4.79 Å². The van der Waals surface area contributed by atoms with Crippen LogP contribution in [0.15, 0.2) is 30.0 Å². The number of fused-ring (bicyclic) bond motifs is 1. The van der Waals surface area contributed by atoms with Gasteiger partial charge in [0.15, 0.2) is 11.5 Å². The van der Waals surface area contributed by atoms with Crippen LogP contribution in [0.2, 0.25) is 0 Å². The van der Waals surface area contributed by atoms with Crippen LogP contribution in [0.4, 0.5) is 0 Å². The summed E-state index contributed by atoms with van der Waals surface area (Å²) in [6.07, 6.45) is 5.34. The first-order valence-corrected chi connectivity index (χ1v) is 8.08. The highest BCUT2D eigenvalue weighted by molar-refractivity contribution is 5.94. The van der Waals surface area contributed by atoms with Crippen LogP contribution in [0.5, 0.6) is 11.5 Å². The zero-order valence-corrected chi connectivity index (χ0v) is 13.9. The lowest BCUT2D eigenvalue weighted by Gasteiger charge is -2.33. The number of carbonyl (C=O) groups is 1. The van der Waals surface area contributed by atoms with Crippen LogP contribution < -0.4 is 20.3 Å². The lowest BCUT2D eigenvalue weighted by molar-refractivity contribution is 0.0936. The number of nitrogens with one attached hydrogen (secondary N) is 2. The number of rotatable bonds is 3. The minimum absolute atomic E-state index is 0.179. The molecule has 0 fully saturated rings. The van der Waals surface area contributed by atoms with Crippen molar-refractivity contribution < 1.29 is 14.3 Å². The number of hydrazine groups is 1. The van der Waals surface area contributed by atoms with Gasteiger partial charge < -0.3 is 14.9 Å². The van der Waals surface area contributed by atoms with E-state index in [4.69, 9.17) is 9.47 Å². The van der Waals surface area contributed by atoms with Crippen molar-refractivity contribution in [1.29, 1.82) is 0 Å². The molecule has 1 unspecified atom stereocenters. The van der Waals surface area contributed by atoms with Gasteiger partial charge in [-0.1, -0.05) is 26.8 Å². The number of carbonyl (C=O) groups excluding carboxylic acids is 1. The Hall–Kier alpha value is -2.17. The van der Waals surface area contributed by atoms with Crippen LogP contribution in [0.25, 0.3) is 0 Å². The predicted octanol–water partition coefficient (Wildman–Crippen LogP) is 3.38.